The molecule has 2 amide bonds. The van der Waals surface area contributed by atoms with Crippen LogP contribution >= 0.6 is 0 Å². The van der Waals surface area contributed by atoms with Gasteiger partial charge in [-0.05, 0) is 31.4 Å². The minimum absolute atomic E-state index is 0.0201. The first-order valence-electron chi connectivity index (χ1n) is 8.35. The van der Waals surface area contributed by atoms with Crippen molar-refractivity contribution in [3.05, 3.63) is 36.2 Å². The number of carbonyl (C=O) groups excluding carboxylic acids is 2. The predicted octanol–water partition coefficient (Wildman–Crippen LogP) is 0.844. The van der Waals surface area contributed by atoms with Crippen LogP contribution in [0.5, 0.6) is 0 Å². The molecule has 2 saturated heterocycles. The molecular formula is C17H20N4O3. The van der Waals surface area contributed by atoms with Crippen molar-refractivity contribution in [2.75, 3.05) is 19.8 Å². The number of pyridine rings is 1. The summed E-state index contributed by atoms with van der Waals surface area (Å²) in [5, 5.41) is 7.05. The number of fused-ring (bicyclic) bond motifs is 1. The average molecular weight is 328 g/mol. The van der Waals surface area contributed by atoms with Crippen molar-refractivity contribution in [2.24, 2.45) is 0 Å². The highest BCUT2D eigenvalue weighted by molar-refractivity contribution is 6.02. The highest BCUT2D eigenvalue weighted by Gasteiger charge is 2.37. The lowest BCUT2D eigenvalue weighted by molar-refractivity contribution is -0.132. The van der Waals surface area contributed by atoms with Crippen LogP contribution in [0.4, 0.5) is 0 Å². The van der Waals surface area contributed by atoms with Gasteiger partial charge in [-0.2, -0.15) is 5.10 Å². The summed E-state index contributed by atoms with van der Waals surface area (Å²) in [6, 6.07) is 5.35. The van der Waals surface area contributed by atoms with E-state index in [2.05, 4.69) is 10.4 Å². The highest BCUT2D eigenvalue weighted by atomic mass is 16.5. The Balaban J connectivity index is 1.45. The lowest BCUT2D eigenvalue weighted by atomic mass is 10.1. The Morgan fingerprint density at radius 3 is 2.92 bits per heavy atom. The van der Waals surface area contributed by atoms with Crippen molar-refractivity contribution in [3.8, 4) is 0 Å². The molecule has 126 valence electrons. The Hall–Kier alpha value is -2.41. The van der Waals surface area contributed by atoms with Gasteiger partial charge in [0.1, 0.15) is 6.04 Å². The minimum atomic E-state index is -0.445. The van der Waals surface area contributed by atoms with Crippen molar-refractivity contribution in [1.29, 1.82) is 0 Å². The van der Waals surface area contributed by atoms with Crippen LogP contribution in [0.15, 0.2) is 30.6 Å². The zero-order valence-electron chi connectivity index (χ0n) is 13.4. The summed E-state index contributed by atoms with van der Waals surface area (Å²) in [5.74, 6) is -0.227. The maximum atomic E-state index is 12.6. The molecule has 1 N–H and O–H groups in total. The normalized spacial score (nSPS) is 22.2. The molecule has 24 heavy (non-hydrogen) atoms. The summed E-state index contributed by atoms with van der Waals surface area (Å²) in [5.41, 5.74) is 1.23. The van der Waals surface area contributed by atoms with E-state index in [1.807, 2.05) is 23.1 Å². The van der Waals surface area contributed by atoms with Gasteiger partial charge in [-0.1, -0.05) is 6.07 Å². The molecule has 7 heteroatoms. The second kappa shape index (κ2) is 6.24. The Morgan fingerprint density at radius 2 is 2.08 bits per heavy atom. The molecule has 0 aliphatic carbocycles. The van der Waals surface area contributed by atoms with Crippen LogP contribution in [0.1, 0.15) is 29.6 Å². The fourth-order valence-corrected chi connectivity index (χ4v) is 3.54. The Labute approximate surface area is 139 Å². The number of ether oxygens (including phenoxy) is 1. The molecule has 1 atom stereocenters. The molecule has 7 nitrogen and oxygen atoms in total. The highest BCUT2D eigenvalue weighted by Crippen LogP contribution is 2.22. The summed E-state index contributed by atoms with van der Waals surface area (Å²) < 4.78 is 7.01. The van der Waals surface area contributed by atoms with Crippen LogP contribution in [0, 0.1) is 0 Å². The van der Waals surface area contributed by atoms with Crippen molar-refractivity contribution >= 4 is 17.3 Å². The first-order valence-corrected chi connectivity index (χ1v) is 8.35. The van der Waals surface area contributed by atoms with Crippen LogP contribution in [0.25, 0.3) is 5.52 Å². The van der Waals surface area contributed by atoms with Crippen molar-refractivity contribution in [2.45, 2.75) is 31.3 Å². The third kappa shape index (κ3) is 2.65. The number of rotatable bonds is 3. The number of hydrogen-bond donors (Lipinski definition) is 1. The molecule has 2 aliphatic heterocycles. The van der Waals surface area contributed by atoms with Gasteiger partial charge in [0.15, 0.2) is 0 Å². The fourth-order valence-electron chi connectivity index (χ4n) is 3.54. The number of nitrogens with one attached hydrogen (secondary N) is 1. The van der Waals surface area contributed by atoms with E-state index in [4.69, 9.17) is 4.74 Å². The van der Waals surface area contributed by atoms with Gasteiger partial charge in [-0.25, -0.2) is 4.52 Å². The van der Waals surface area contributed by atoms with E-state index in [0.717, 1.165) is 18.4 Å². The summed E-state index contributed by atoms with van der Waals surface area (Å²) in [4.78, 5) is 27.1. The van der Waals surface area contributed by atoms with Gasteiger partial charge in [0.05, 0.1) is 17.3 Å². The first kappa shape index (κ1) is 15.1. The topological polar surface area (TPSA) is 75.9 Å². The lowest BCUT2D eigenvalue weighted by Crippen LogP contribution is -2.46. The van der Waals surface area contributed by atoms with E-state index in [1.54, 1.807) is 16.9 Å². The third-order valence-corrected chi connectivity index (χ3v) is 4.85. The predicted molar refractivity (Wildman–Crippen MR) is 86.6 cm³/mol. The molecule has 2 aromatic rings. The molecule has 0 bridgehead atoms. The summed E-state index contributed by atoms with van der Waals surface area (Å²) in [7, 11) is 0. The van der Waals surface area contributed by atoms with Crippen LogP contribution < -0.4 is 5.32 Å². The number of aromatic nitrogens is 2. The zero-order chi connectivity index (χ0) is 16.5. The van der Waals surface area contributed by atoms with Crippen LogP contribution in [-0.4, -0.2) is 58.2 Å². The van der Waals surface area contributed by atoms with Crippen molar-refractivity contribution < 1.29 is 14.3 Å². The van der Waals surface area contributed by atoms with E-state index in [-0.39, 0.29) is 17.9 Å². The second-order valence-electron chi connectivity index (χ2n) is 6.28. The number of amides is 2. The van der Waals surface area contributed by atoms with E-state index >= 15 is 0 Å². The molecule has 2 aliphatic rings. The van der Waals surface area contributed by atoms with Gasteiger partial charge in [-0.3, -0.25) is 9.59 Å². The Morgan fingerprint density at radius 1 is 1.25 bits per heavy atom. The average Bonchev–Trinajstić information content (AvgIpc) is 3.20. The fraction of sp³-hybridized carbons (Fsp3) is 0.471. The van der Waals surface area contributed by atoms with Gasteiger partial charge in [0.2, 0.25) is 5.91 Å². The SMILES string of the molecule is O=C(NC1CCN(C2CCOCC2)C1=O)c1cnn2ccccc12. The van der Waals surface area contributed by atoms with Gasteiger partial charge in [0, 0.05) is 32.0 Å². The zero-order valence-corrected chi connectivity index (χ0v) is 13.4. The second-order valence-corrected chi connectivity index (χ2v) is 6.28. The summed E-state index contributed by atoms with van der Waals surface area (Å²) in [6.07, 6.45) is 5.74. The monoisotopic (exact) mass is 328 g/mol. The summed E-state index contributed by atoms with van der Waals surface area (Å²) in [6.45, 7) is 2.10. The largest absolute Gasteiger partial charge is 0.381 e. The lowest BCUT2D eigenvalue weighted by Gasteiger charge is -2.31. The first-order chi connectivity index (χ1) is 11.7. The van der Waals surface area contributed by atoms with Gasteiger partial charge >= 0.3 is 0 Å². The molecule has 1 unspecified atom stereocenters. The van der Waals surface area contributed by atoms with E-state index in [9.17, 15) is 9.59 Å². The maximum absolute atomic E-state index is 12.6. The Kier molecular flexibility index (Phi) is 3.93. The van der Waals surface area contributed by atoms with E-state index in [0.29, 0.717) is 31.7 Å². The molecule has 2 fully saturated rings. The molecule has 2 aromatic heterocycles. The molecule has 0 saturated carbocycles. The number of carbonyl (C=O) groups is 2. The maximum Gasteiger partial charge on any atom is 0.255 e. The molecule has 0 aromatic carbocycles. The quantitative estimate of drug-likeness (QED) is 0.906. The van der Waals surface area contributed by atoms with E-state index in [1.165, 1.54) is 0 Å². The smallest absolute Gasteiger partial charge is 0.255 e. The van der Waals surface area contributed by atoms with Gasteiger partial charge in [0.25, 0.3) is 5.91 Å². The number of hydrogen-bond acceptors (Lipinski definition) is 4. The van der Waals surface area contributed by atoms with Gasteiger partial charge in [-0.15, -0.1) is 0 Å². The molecule has 4 heterocycles. The van der Waals surface area contributed by atoms with E-state index < -0.39 is 6.04 Å². The van der Waals surface area contributed by atoms with Crippen LogP contribution in [0.2, 0.25) is 0 Å². The van der Waals surface area contributed by atoms with Gasteiger partial charge < -0.3 is 15.0 Å². The van der Waals surface area contributed by atoms with Crippen LogP contribution in [-0.2, 0) is 9.53 Å². The van der Waals surface area contributed by atoms with Crippen molar-refractivity contribution in [3.63, 3.8) is 0 Å². The number of nitrogens with zero attached hydrogens (tertiary/aromatic N) is 3. The number of likely N-dealkylation sites (tertiary alicyclic amines) is 1. The van der Waals surface area contributed by atoms with Crippen molar-refractivity contribution in [1.82, 2.24) is 19.8 Å². The third-order valence-electron chi connectivity index (χ3n) is 4.85. The van der Waals surface area contributed by atoms with Crippen LogP contribution in [0.3, 0.4) is 0 Å². The molecule has 0 spiro atoms. The minimum Gasteiger partial charge on any atom is -0.381 e. The molecule has 0 radical (unpaired) electrons. The summed E-state index contributed by atoms with van der Waals surface area (Å²) >= 11 is 0. The molecule has 4 rings (SSSR count). The Bertz CT molecular complexity index is 766. The molecular weight excluding hydrogens is 308 g/mol. The standard InChI is InChI=1S/C17H20N4O3/c22-16(13-11-18-21-7-2-1-3-15(13)21)19-14-4-8-20(17(14)23)12-5-9-24-10-6-12/h1-3,7,11-12,14H,4-6,8-10H2,(H,19,22).